The molecular weight excluding hydrogens is 320 g/mol. The number of thiazole rings is 1. The van der Waals surface area contributed by atoms with Crippen LogP contribution in [0.25, 0.3) is 0 Å². The molecule has 0 bridgehead atoms. The first-order chi connectivity index (χ1) is 10.6. The monoisotopic (exact) mass is 342 g/mol. The highest BCUT2D eigenvalue weighted by atomic mass is 32.1. The number of aldehydes is 1. The molecule has 23 heavy (non-hydrogen) atoms. The number of amides is 1. The molecule has 2 unspecified atom stereocenters. The first-order valence-corrected chi connectivity index (χ1v) is 8.07. The van der Waals surface area contributed by atoms with E-state index in [2.05, 4.69) is 10.3 Å². The minimum atomic E-state index is -0.776. The van der Waals surface area contributed by atoms with Gasteiger partial charge in [0.1, 0.15) is 17.8 Å². The van der Waals surface area contributed by atoms with E-state index >= 15 is 0 Å². The van der Waals surface area contributed by atoms with Crippen LogP contribution in [0.1, 0.15) is 46.2 Å². The molecule has 1 aromatic heterocycles. The third-order valence-electron chi connectivity index (χ3n) is 2.69. The lowest BCUT2D eigenvalue weighted by molar-refractivity contribution is -0.149. The van der Waals surface area contributed by atoms with Gasteiger partial charge in [0.25, 0.3) is 0 Å². The van der Waals surface area contributed by atoms with Crippen molar-refractivity contribution in [1.29, 1.82) is 0 Å². The molecule has 1 rings (SSSR count). The molecule has 0 spiro atoms. The molecule has 1 aromatic rings. The summed E-state index contributed by atoms with van der Waals surface area (Å²) >= 11 is 1.26. The van der Waals surface area contributed by atoms with Crippen LogP contribution in [-0.4, -0.2) is 35.5 Å². The van der Waals surface area contributed by atoms with Crippen molar-refractivity contribution in [3.63, 3.8) is 0 Å². The van der Waals surface area contributed by atoms with E-state index in [9.17, 15) is 14.4 Å². The highest BCUT2D eigenvalue weighted by molar-refractivity contribution is 7.13. The van der Waals surface area contributed by atoms with Gasteiger partial charge in [-0.15, -0.1) is 11.3 Å². The molecule has 0 saturated carbocycles. The van der Waals surface area contributed by atoms with E-state index in [-0.39, 0.29) is 12.5 Å². The summed E-state index contributed by atoms with van der Waals surface area (Å²) in [6.07, 6.45) is -0.0316. The Morgan fingerprint density at radius 3 is 2.61 bits per heavy atom. The van der Waals surface area contributed by atoms with Crippen LogP contribution in [0.3, 0.4) is 0 Å². The van der Waals surface area contributed by atoms with Crippen molar-refractivity contribution >= 4 is 34.8 Å². The summed E-state index contributed by atoms with van der Waals surface area (Å²) in [5.74, 6) is -1.49. The first kappa shape index (κ1) is 19.1. The first-order valence-electron chi connectivity index (χ1n) is 7.19. The lowest BCUT2D eigenvalue weighted by atomic mass is 10.1. The highest BCUT2D eigenvalue weighted by Crippen LogP contribution is 2.23. The average molecular weight is 342 g/mol. The van der Waals surface area contributed by atoms with Crippen molar-refractivity contribution in [2.75, 3.05) is 11.9 Å². The Hall–Kier alpha value is -1.96. The van der Waals surface area contributed by atoms with Crippen molar-refractivity contribution < 1.29 is 23.9 Å². The fraction of sp³-hybridized carbons (Fsp3) is 0.600. The maximum absolute atomic E-state index is 11.7. The topological polar surface area (TPSA) is 94.6 Å². The lowest BCUT2D eigenvalue weighted by Gasteiger charge is -2.18. The number of nitrogens with one attached hydrogen (secondary N) is 1. The second kappa shape index (κ2) is 8.05. The summed E-state index contributed by atoms with van der Waals surface area (Å²) in [4.78, 5) is 37.9. The number of carbonyl (C=O) groups is 3. The smallest absolute Gasteiger partial charge is 0.413 e. The normalized spacial score (nSPS) is 13.8. The number of hydrogen-bond acceptors (Lipinski definition) is 7. The molecule has 1 amide bonds. The molecule has 0 aliphatic heterocycles. The highest BCUT2D eigenvalue weighted by Gasteiger charge is 2.19. The molecule has 1 heterocycles. The Morgan fingerprint density at radius 1 is 1.39 bits per heavy atom. The van der Waals surface area contributed by atoms with Gasteiger partial charge in [0.15, 0.2) is 5.13 Å². The number of esters is 1. The van der Waals surface area contributed by atoms with Gasteiger partial charge in [-0.3, -0.25) is 10.1 Å². The van der Waals surface area contributed by atoms with Crippen molar-refractivity contribution in [1.82, 2.24) is 4.98 Å². The fourth-order valence-electron chi connectivity index (χ4n) is 1.44. The molecule has 0 aliphatic carbocycles. The van der Waals surface area contributed by atoms with Crippen LogP contribution in [-0.2, 0) is 19.1 Å². The van der Waals surface area contributed by atoms with Crippen LogP contribution in [0.4, 0.5) is 9.93 Å². The number of carbonyl (C=O) groups excluding carboxylic acids is 3. The predicted molar refractivity (Wildman–Crippen MR) is 86.6 cm³/mol. The second-order valence-corrected chi connectivity index (χ2v) is 7.02. The van der Waals surface area contributed by atoms with Gasteiger partial charge >= 0.3 is 12.1 Å². The minimum absolute atomic E-state index is 0.118. The van der Waals surface area contributed by atoms with Crippen LogP contribution in [0.2, 0.25) is 0 Å². The maximum atomic E-state index is 11.7. The largest absolute Gasteiger partial charge is 0.464 e. The van der Waals surface area contributed by atoms with Gasteiger partial charge in [-0.1, -0.05) is 6.92 Å². The molecule has 0 fully saturated rings. The van der Waals surface area contributed by atoms with Crippen LogP contribution < -0.4 is 5.32 Å². The second-order valence-electron chi connectivity index (χ2n) is 6.16. The quantitative estimate of drug-likeness (QED) is 0.485. The standard InChI is InChI=1S/C15H22N2O5S/c1-9(6-18)12(19)21-7-10(2)11-8-23-13(16-11)17-14(20)22-15(3,4)5/h6,8-10H,7H2,1-5H3,(H,16,17,20). The molecule has 128 valence electrons. The molecule has 7 nitrogen and oxygen atoms in total. The van der Waals surface area contributed by atoms with Gasteiger partial charge in [0.05, 0.1) is 12.3 Å². The summed E-state index contributed by atoms with van der Waals surface area (Å²) < 4.78 is 10.2. The Kier molecular flexibility index (Phi) is 6.68. The molecule has 0 radical (unpaired) electrons. The maximum Gasteiger partial charge on any atom is 0.413 e. The number of anilines is 1. The third kappa shape index (κ3) is 6.77. The SMILES string of the molecule is CC(C=O)C(=O)OCC(C)c1csc(NC(=O)OC(C)(C)C)n1. The molecule has 0 aromatic carbocycles. The van der Waals surface area contributed by atoms with Gasteiger partial charge in [0, 0.05) is 11.3 Å². The van der Waals surface area contributed by atoms with Crippen LogP contribution in [0, 0.1) is 5.92 Å². The average Bonchev–Trinajstić information content (AvgIpc) is 2.89. The van der Waals surface area contributed by atoms with Crippen LogP contribution in [0.5, 0.6) is 0 Å². The molecule has 0 aliphatic rings. The van der Waals surface area contributed by atoms with Gasteiger partial charge in [0.2, 0.25) is 0 Å². The van der Waals surface area contributed by atoms with E-state index in [1.165, 1.54) is 18.3 Å². The van der Waals surface area contributed by atoms with E-state index in [0.29, 0.717) is 17.1 Å². The zero-order chi connectivity index (χ0) is 17.6. The van der Waals surface area contributed by atoms with Crippen molar-refractivity contribution in [3.05, 3.63) is 11.1 Å². The van der Waals surface area contributed by atoms with Gasteiger partial charge < -0.3 is 14.3 Å². The zero-order valence-corrected chi connectivity index (χ0v) is 14.7. The number of nitrogens with zero attached hydrogens (tertiary/aromatic N) is 1. The predicted octanol–water partition coefficient (Wildman–Crippen LogP) is 2.97. The van der Waals surface area contributed by atoms with Crippen molar-refractivity contribution in [2.24, 2.45) is 5.92 Å². The fourth-order valence-corrected chi connectivity index (χ4v) is 2.26. The Bertz CT molecular complexity index is 564. The van der Waals surface area contributed by atoms with Crippen LogP contribution in [0.15, 0.2) is 5.38 Å². The Balaban J connectivity index is 2.53. The molecule has 8 heteroatoms. The Labute approximate surface area is 139 Å². The molecule has 1 N–H and O–H groups in total. The minimum Gasteiger partial charge on any atom is -0.464 e. The Morgan fingerprint density at radius 2 is 2.04 bits per heavy atom. The number of aromatic nitrogens is 1. The van der Waals surface area contributed by atoms with Crippen molar-refractivity contribution in [3.8, 4) is 0 Å². The number of rotatable bonds is 6. The van der Waals surface area contributed by atoms with Gasteiger partial charge in [-0.25, -0.2) is 9.78 Å². The zero-order valence-electron chi connectivity index (χ0n) is 13.9. The molecule has 0 saturated heterocycles. The van der Waals surface area contributed by atoms with Gasteiger partial charge in [-0.2, -0.15) is 0 Å². The lowest BCUT2D eigenvalue weighted by Crippen LogP contribution is -2.27. The van der Waals surface area contributed by atoms with E-state index in [1.54, 1.807) is 26.2 Å². The van der Waals surface area contributed by atoms with E-state index in [4.69, 9.17) is 9.47 Å². The summed E-state index contributed by atoms with van der Waals surface area (Å²) in [5.41, 5.74) is 0.105. The third-order valence-corrected chi connectivity index (χ3v) is 3.46. The number of hydrogen-bond donors (Lipinski definition) is 1. The number of ether oxygens (including phenoxy) is 2. The summed E-state index contributed by atoms with van der Waals surface area (Å²) in [6, 6.07) is 0. The summed E-state index contributed by atoms with van der Waals surface area (Å²) in [5, 5.41) is 4.74. The summed E-state index contributed by atoms with van der Waals surface area (Å²) in [6.45, 7) is 8.76. The molecule has 2 atom stereocenters. The van der Waals surface area contributed by atoms with Gasteiger partial charge in [-0.05, 0) is 27.7 Å². The van der Waals surface area contributed by atoms with Crippen LogP contribution >= 0.6 is 11.3 Å². The van der Waals surface area contributed by atoms with E-state index in [0.717, 1.165) is 0 Å². The molecular formula is C15H22N2O5S. The van der Waals surface area contributed by atoms with E-state index < -0.39 is 23.6 Å². The summed E-state index contributed by atoms with van der Waals surface area (Å²) in [7, 11) is 0. The van der Waals surface area contributed by atoms with Crippen molar-refractivity contribution in [2.45, 2.75) is 46.1 Å². The van der Waals surface area contributed by atoms with E-state index in [1.807, 2.05) is 6.92 Å².